The fourth-order valence-corrected chi connectivity index (χ4v) is 5.66. The highest BCUT2D eigenvalue weighted by Crippen LogP contribution is 2.24. The van der Waals surface area contributed by atoms with Crippen molar-refractivity contribution in [3.8, 4) is 0 Å². The fourth-order valence-electron chi connectivity index (χ4n) is 4.22. The first-order valence-electron chi connectivity index (χ1n) is 11.3. The van der Waals surface area contributed by atoms with Crippen LogP contribution in [-0.2, 0) is 26.0 Å². The van der Waals surface area contributed by atoms with E-state index in [1.165, 1.54) is 11.0 Å². The van der Waals surface area contributed by atoms with E-state index in [1.54, 1.807) is 61.6 Å². The van der Waals surface area contributed by atoms with Crippen molar-refractivity contribution in [2.75, 3.05) is 20.1 Å². The van der Waals surface area contributed by atoms with Gasteiger partial charge in [0.15, 0.2) is 0 Å². The first kappa shape index (κ1) is 25.1. The van der Waals surface area contributed by atoms with Gasteiger partial charge in [0, 0.05) is 37.6 Å². The minimum Gasteiger partial charge on any atom is -0.344 e. The van der Waals surface area contributed by atoms with Gasteiger partial charge in [-0.2, -0.15) is 4.72 Å². The number of halogens is 1. The summed E-state index contributed by atoms with van der Waals surface area (Å²) in [5.41, 5.74) is 1.07. The SMILES string of the molecule is C[C@@H](C(=O)N(C)CCc1ccncc1)N1CC[C@H](NS(=O)(=O)c2ccc3cc(Cl)ccc3c2)C1=O. The van der Waals surface area contributed by atoms with Gasteiger partial charge in [0.2, 0.25) is 21.8 Å². The summed E-state index contributed by atoms with van der Waals surface area (Å²) in [6.45, 7) is 2.47. The van der Waals surface area contributed by atoms with Gasteiger partial charge < -0.3 is 9.80 Å². The van der Waals surface area contributed by atoms with E-state index >= 15 is 0 Å². The Hall–Kier alpha value is -3.01. The van der Waals surface area contributed by atoms with Gasteiger partial charge in [0.25, 0.3) is 0 Å². The normalized spacial score (nSPS) is 17.1. The third kappa shape index (κ3) is 5.63. The number of nitrogens with one attached hydrogen (secondary N) is 1. The highest BCUT2D eigenvalue weighted by Gasteiger charge is 2.39. The first-order chi connectivity index (χ1) is 16.7. The van der Waals surface area contributed by atoms with Crippen LogP contribution in [0.3, 0.4) is 0 Å². The number of fused-ring (bicyclic) bond motifs is 1. The number of benzene rings is 2. The smallest absolute Gasteiger partial charge is 0.244 e. The quantitative estimate of drug-likeness (QED) is 0.498. The van der Waals surface area contributed by atoms with Crippen LogP contribution in [0.15, 0.2) is 65.8 Å². The van der Waals surface area contributed by atoms with Crippen LogP contribution >= 0.6 is 11.6 Å². The molecule has 1 aromatic heterocycles. The van der Waals surface area contributed by atoms with Gasteiger partial charge in [0.1, 0.15) is 12.1 Å². The Labute approximate surface area is 209 Å². The van der Waals surface area contributed by atoms with Crippen LogP contribution < -0.4 is 4.72 Å². The fraction of sp³-hybridized carbons (Fsp3) is 0.320. The maximum absolute atomic E-state index is 13.0. The van der Waals surface area contributed by atoms with Crippen molar-refractivity contribution in [1.82, 2.24) is 19.5 Å². The zero-order valence-corrected chi connectivity index (χ0v) is 21.1. The lowest BCUT2D eigenvalue weighted by molar-refractivity contribution is -0.142. The monoisotopic (exact) mass is 514 g/mol. The molecule has 1 aliphatic rings. The summed E-state index contributed by atoms with van der Waals surface area (Å²) >= 11 is 6.00. The van der Waals surface area contributed by atoms with E-state index in [-0.39, 0.29) is 10.8 Å². The molecule has 1 aliphatic heterocycles. The molecule has 0 unspecified atom stereocenters. The molecule has 1 saturated heterocycles. The first-order valence-corrected chi connectivity index (χ1v) is 13.2. The van der Waals surface area contributed by atoms with E-state index in [4.69, 9.17) is 11.6 Å². The van der Waals surface area contributed by atoms with Gasteiger partial charge >= 0.3 is 0 Å². The largest absolute Gasteiger partial charge is 0.344 e. The second kappa shape index (κ2) is 10.3. The molecule has 1 fully saturated rings. The van der Waals surface area contributed by atoms with Crippen LogP contribution in [0.25, 0.3) is 10.8 Å². The molecule has 4 rings (SSSR count). The van der Waals surface area contributed by atoms with Crippen LogP contribution in [0.5, 0.6) is 0 Å². The number of rotatable bonds is 8. The Morgan fingerprint density at radius 1 is 1.17 bits per heavy atom. The summed E-state index contributed by atoms with van der Waals surface area (Å²) < 4.78 is 28.5. The van der Waals surface area contributed by atoms with E-state index < -0.39 is 28.0 Å². The average molecular weight is 515 g/mol. The number of hydrogen-bond donors (Lipinski definition) is 1. The molecule has 35 heavy (non-hydrogen) atoms. The van der Waals surface area contributed by atoms with Crippen LogP contribution in [0.2, 0.25) is 5.02 Å². The lowest BCUT2D eigenvalue weighted by Crippen LogP contribution is -2.49. The predicted molar refractivity (Wildman–Crippen MR) is 134 cm³/mol. The minimum atomic E-state index is -3.93. The zero-order chi connectivity index (χ0) is 25.2. The molecular formula is C25H27ClN4O4S. The van der Waals surface area contributed by atoms with E-state index in [1.807, 2.05) is 12.1 Å². The number of likely N-dealkylation sites (N-methyl/N-ethyl adjacent to an activating group) is 1. The predicted octanol–water partition coefficient (Wildman–Crippen LogP) is 2.86. The van der Waals surface area contributed by atoms with E-state index in [9.17, 15) is 18.0 Å². The van der Waals surface area contributed by atoms with Crippen LogP contribution in [0.4, 0.5) is 0 Å². The van der Waals surface area contributed by atoms with Gasteiger partial charge in [-0.1, -0.05) is 23.7 Å². The van der Waals surface area contributed by atoms with Crippen LogP contribution in [-0.4, -0.2) is 67.2 Å². The molecule has 8 nitrogen and oxygen atoms in total. The molecule has 0 radical (unpaired) electrons. The summed E-state index contributed by atoms with van der Waals surface area (Å²) in [5, 5.41) is 2.11. The number of amides is 2. The van der Waals surface area contributed by atoms with Crippen molar-refractivity contribution in [2.24, 2.45) is 0 Å². The molecule has 0 bridgehead atoms. The van der Waals surface area contributed by atoms with Crippen molar-refractivity contribution in [2.45, 2.75) is 36.7 Å². The van der Waals surface area contributed by atoms with E-state index in [0.717, 1.165) is 16.3 Å². The van der Waals surface area contributed by atoms with E-state index in [2.05, 4.69) is 9.71 Å². The summed E-state index contributed by atoms with van der Waals surface area (Å²) in [6.07, 6.45) is 4.38. The van der Waals surface area contributed by atoms with Gasteiger partial charge in [-0.3, -0.25) is 14.6 Å². The maximum atomic E-state index is 13.0. The third-order valence-corrected chi connectivity index (χ3v) is 8.01. The minimum absolute atomic E-state index is 0.0681. The summed E-state index contributed by atoms with van der Waals surface area (Å²) in [5.74, 6) is -0.589. The Bertz CT molecular complexity index is 1350. The Morgan fingerprint density at radius 2 is 1.86 bits per heavy atom. The number of hydrogen-bond acceptors (Lipinski definition) is 5. The van der Waals surface area contributed by atoms with Gasteiger partial charge in [0.05, 0.1) is 4.90 Å². The third-order valence-electron chi connectivity index (χ3n) is 6.31. The second-order valence-electron chi connectivity index (χ2n) is 8.69. The Kier molecular flexibility index (Phi) is 7.39. The maximum Gasteiger partial charge on any atom is 0.244 e. The lowest BCUT2D eigenvalue weighted by atomic mass is 10.1. The van der Waals surface area contributed by atoms with Crippen LogP contribution in [0, 0.1) is 0 Å². The molecule has 0 saturated carbocycles. The molecule has 0 aliphatic carbocycles. The number of nitrogens with zero attached hydrogens (tertiary/aromatic N) is 3. The number of likely N-dealkylation sites (tertiary alicyclic amines) is 1. The number of pyridine rings is 1. The molecule has 1 N–H and O–H groups in total. The molecule has 184 valence electrons. The molecular weight excluding hydrogens is 488 g/mol. The highest BCUT2D eigenvalue weighted by atomic mass is 35.5. The van der Waals surface area contributed by atoms with E-state index in [0.29, 0.717) is 31.0 Å². The molecule has 2 aromatic carbocycles. The van der Waals surface area contributed by atoms with Crippen molar-refractivity contribution < 1.29 is 18.0 Å². The Morgan fingerprint density at radius 3 is 2.60 bits per heavy atom. The number of carbonyl (C=O) groups is 2. The molecule has 3 aromatic rings. The van der Waals surface area contributed by atoms with Crippen molar-refractivity contribution in [3.05, 3.63) is 71.5 Å². The lowest BCUT2D eigenvalue weighted by Gasteiger charge is -2.28. The van der Waals surface area contributed by atoms with Gasteiger partial charge in [-0.05, 0) is 72.5 Å². The molecule has 0 spiro atoms. The van der Waals surface area contributed by atoms with Crippen molar-refractivity contribution in [1.29, 1.82) is 0 Å². The van der Waals surface area contributed by atoms with Crippen molar-refractivity contribution in [3.63, 3.8) is 0 Å². The number of aromatic nitrogens is 1. The summed E-state index contributed by atoms with van der Waals surface area (Å²) in [4.78, 5) is 33.0. The molecule has 2 amide bonds. The highest BCUT2D eigenvalue weighted by molar-refractivity contribution is 7.89. The average Bonchev–Trinajstić information content (AvgIpc) is 3.20. The Balaban J connectivity index is 1.39. The number of sulfonamides is 1. The standard InChI is InChI=1S/C25H27ClN4O4S/c1-17(24(31)29(2)13-9-18-7-11-27-12-8-18)30-14-10-23(25(30)32)28-35(33,34)22-6-4-19-15-21(26)5-3-20(19)16-22/h3-8,11-12,15-17,23,28H,9-10,13-14H2,1-2H3/t17-,23-/m0/s1. The van der Waals surface area contributed by atoms with Gasteiger partial charge in [-0.15, -0.1) is 0 Å². The topological polar surface area (TPSA) is 99.7 Å². The van der Waals surface area contributed by atoms with Crippen molar-refractivity contribution >= 4 is 44.2 Å². The molecule has 2 atom stereocenters. The molecule has 10 heteroatoms. The summed E-state index contributed by atoms with van der Waals surface area (Å²) in [6, 6.07) is 12.1. The second-order valence-corrected chi connectivity index (χ2v) is 10.8. The summed E-state index contributed by atoms with van der Waals surface area (Å²) in [7, 11) is -2.23. The molecule has 2 heterocycles. The number of carbonyl (C=O) groups excluding carboxylic acids is 2. The van der Waals surface area contributed by atoms with Gasteiger partial charge in [-0.25, -0.2) is 8.42 Å². The zero-order valence-electron chi connectivity index (χ0n) is 19.5. The van der Waals surface area contributed by atoms with Crippen LogP contribution in [0.1, 0.15) is 18.9 Å².